The van der Waals surface area contributed by atoms with Crippen LogP contribution in [-0.2, 0) is 12.8 Å². The molecular formula is C15H16N6O. The quantitative estimate of drug-likeness (QED) is 0.765. The maximum absolute atomic E-state index is 12.5. The van der Waals surface area contributed by atoms with Crippen LogP contribution in [0.3, 0.4) is 0 Å². The molecule has 0 fully saturated rings. The number of carbonyl (C=O) groups is 1. The van der Waals surface area contributed by atoms with E-state index in [2.05, 4.69) is 25.7 Å². The van der Waals surface area contributed by atoms with Crippen LogP contribution in [0.2, 0.25) is 0 Å². The molecule has 4 rings (SSSR count). The van der Waals surface area contributed by atoms with Crippen LogP contribution in [0.25, 0.3) is 5.65 Å². The summed E-state index contributed by atoms with van der Waals surface area (Å²) in [6, 6.07) is 5.45. The Balaban J connectivity index is 1.59. The van der Waals surface area contributed by atoms with Gasteiger partial charge in [0, 0.05) is 17.5 Å². The van der Waals surface area contributed by atoms with Crippen molar-refractivity contribution in [2.75, 3.05) is 0 Å². The topological polar surface area (TPSA) is 88.0 Å². The number of H-pyrrole nitrogens is 1. The molecule has 0 radical (unpaired) electrons. The number of nitrogens with zero attached hydrogens (tertiary/aromatic N) is 4. The van der Waals surface area contributed by atoms with Crippen molar-refractivity contribution in [2.24, 2.45) is 0 Å². The van der Waals surface area contributed by atoms with E-state index in [4.69, 9.17) is 0 Å². The molecule has 1 amide bonds. The molecule has 7 nitrogen and oxygen atoms in total. The van der Waals surface area contributed by atoms with E-state index in [0.29, 0.717) is 11.5 Å². The normalized spacial score (nSPS) is 15.0. The summed E-state index contributed by atoms with van der Waals surface area (Å²) in [5, 5.41) is 18.4. The highest BCUT2D eigenvalue weighted by molar-refractivity contribution is 5.94. The first kappa shape index (κ1) is 13.0. The van der Waals surface area contributed by atoms with Gasteiger partial charge in [-0.05, 0) is 38.3 Å². The second kappa shape index (κ2) is 4.94. The highest BCUT2D eigenvalue weighted by Crippen LogP contribution is 2.23. The molecule has 0 bridgehead atoms. The fourth-order valence-electron chi connectivity index (χ4n) is 2.99. The van der Waals surface area contributed by atoms with Gasteiger partial charge in [0.05, 0.1) is 6.04 Å². The summed E-state index contributed by atoms with van der Waals surface area (Å²) in [6.45, 7) is 1.90. The van der Waals surface area contributed by atoms with Crippen molar-refractivity contribution in [1.29, 1.82) is 0 Å². The lowest BCUT2D eigenvalue weighted by molar-refractivity contribution is 0.0932. The van der Waals surface area contributed by atoms with Crippen LogP contribution in [0.5, 0.6) is 0 Å². The van der Waals surface area contributed by atoms with Gasteiger partial charge >= 0.3 is 0 Å². The summed E-state index contributed by atoms with van der Waals surface area (Å²) in [5.74, 6) is 0.538. The minimum atomic E-state index is -0.251. The van der Waals surface area contributed by atoms with Gasteiger partial charge in [-0.25, -0.2) is 0 Å². The molecule has 1 atom stereocenters. The van der Waals surface area contributed by atoms with Crippen molar-refractivity contribution in [2.45, 2.75) is 32.2 Å². The Kier molecular flexibility index (Phi) is 2.92. The first-order chi connectivity index (χ1) is 10.7. The predicted molar refractivity (Wildman–Crippen MR) is 79.5 cm³/mol. The SMILES string of the molecule is C[C@H](NC(=O)c1n[nH]c2c1CCC2)c1nnc2ccccn12. The number of aromatic amines is 1. The largest absolute Gasteiger partial charge is 0.341 e. The van der Waals surface area contributed by atoms with Gasteiger partial charge in [-0.15, -0.1) is 10.2 Å². The number of aryl methyl sites for hydroxylation is 1. The van der Waals surface area contributed by atoms with Gasteiger partial charge in [0.25, 0.3) is 5.91 Å². The molecular weight excluding hydrogens is 280 g/mol. The molecule has 1 aliphatic rings. The van der Waals surface area contributed by atoms with E-state index in [0.717, 1.165) is 36.2 Å². The second-order valence-electron chi connectivity index (χ2n) is 5.57. The molecule has 3 aromatic heterocycles. The fourth-order valence-corrected chi connectivity index (χ4v) is 2.99. The molecule has 2 N–H and O–H groups in total. The van der Waals surface area contributed by atoms with Crippen molar-refractivity contribution in [1.82, 2.24) is 30.1 Å². The zero-order valence-electron chi connectivity index (χ0n) is 12.2. The maximum Gasteiger partial charge on any atom is 0.272 e. The Morgan fingerprint density at radius 2 is 2.27 bits per heavy atom. The van der Waals surface area contributed by atoms with Crippen LogP contribution in [0.1, 0.15) is 47.0 Å². The number of hydrogen-bond donors (Lipinski definition) is 2. The average molecular weight is 296 g/mol. The molecule has 0 unspecified atom stereocenters. The number of fused-ring (bicyclic) bond motifs is 2. The predicted octanol–water partition coefficient (Wildman–Crippen LogP) is 1.43. The monoisotopic (exact) mass is 296 g/mol. The molecule has 112 valence electrons. The van der Waals surface area contributed by atoms with Crippen molar-refractivity contribution in [3.8, 4) is 0 Å². The van der Waals surface area contributed by atoms with Crippen molar-refractivity contribution >= 4 is 11.6 Å². The Morgan fingerprint density at radius 3 is 3.18 bits per heavy atom. The van der Waals surface area contributed by atoms with Crippen molar-refractivity contribution in [3.63, 3.8) is 0 Å². The lowest BCUT2D eigenvalue weighted by atomic mass is 10.2. The average Bonchev–Trinajstić information content (AvgIpc) is 3.21. The minimum absolute atomic E-state index is 0.167. The molecule has 22 heavy (non-hydrogen) atoms. The number of rotatable bonds is 3. The van der Waals surface area contributed by atoms with Crippen LogP contribution in [0, 0.1) is 0 Å². The molecule has 1 aliphatic carbocycles. The zero-order chi connectivity index (χ0) is 15.1. The van der Waals surface area contributed by atoms with Crippen LogP contribution in [0.15, 0.2) is 24.4 Å². The summed E-state index contributed by atoms with van der Waals surface area (Å²) in [7, 11) is 0. The standard InChI is InChI=1S/C15H16N6O/c1-9(14-20-18-12-7-2-3-8-21(12)14)16-15(22)13-10-5-4-6-11(10)17-19-13/h2-3,7-9H,4-6H2,1H3,(H,16,22)(H,17,19)/t9-/m0/s1. The molecule has 3 heterocycles. The Bertz CT molecular complexity index is 849. The third-order valence-electron chi connectivity index (χ3n) is 4.10. The van der Waals surface area contributed by atoms with E-state index >= 15 is 0 Å². The summed E-state index contributed by atoms with van der Waals surface area (Å²) < 4.78 is 1.87. The van der Waals surface area contributed by atoms with Crippen LogP contribution < -0.4 is 5.32 Å². The molecule has 0 aliphatic heterocycles. The van der Waals surface area contributed by atoms with Crippen LogP contribution in [-0.4, -0.2) is 30.7 Å². The second-order valence-corrected chi connectivity index (χ2v) is 5.57. The van der Waals surface area contributed by atoms with Gasteiger partial charge in [0.1, 0.15) is 0 Å². The highest BCUT2D eigenvalue weighted by Gasteiger charge is 2.25. The van der Waals surface area contributed by atoms with E-state index in [9.17, 15) is 4.79 Å². The first-order valence-electron chi connectivity index (χ1n) is 7.40. The van der Waals surface area contributed by atoms with Crippen LogP contribution in [0.4, 0.5) is 0 Å². The number of hydrogen-bond acceptors (Lipinski definition) is 4. The molecule has 0 saturated carbocycles. The number of nitrogens with one attached hydrogen (secondary N) is 2. The van der Waals surface area contributed by atoms with Crippen molar-refractivity contribution < 1.29 is 4.79 Å². The van der Waals surface area contributed by atoms with E-state index < -0.39 is 0 Å². The van der Waals surface area contributed by atoms with Gasteiger partial charge in [-0.2, -0.15) is 5.10 Å². The Hall–Kier alpha value is -2.70. The Labute approximate surface area is 126 Å². The number of aromatic nitrogens is 5. The number of amides is 1. The fraction of sp³-hybridized carbons (Fsp3) is 0.333. The number of pyridine rings is 1. The van der Waals surface area contributed by atoms with Gasteiger partial charge in [-0.1, -0.05) is 6.07 Å². The summed E-state index contributed by atoms with van der Waals surface area (Å²) in [6.07, 6.45) is 4.85. The molecule has 3 aromatic rings. The van der Waals surface area contributed by atoms with E-state index in [1.54, 1.807) is 0 Å². The molecule has 0 spiro atoms. The summed E-state index contributed by atoms with van der Waals surface area (Å²) in [5.41, 5.74) is 3.41. The lowest BCUT2D eigenvalue weighted by Crippen LogP contribution is -2.29. The Morgan fingerprint density at radius 1 is 1.36 bits per heavy atom. The minimum Gasteiger partial charge on any atom is -0.341 e. The van der Waals surface area contributed by atoms with E-state index in [-0.39, 0.29) is 11.9 Å². The van der Waals surface area contributed by atoms with Gasteiger partial charge in [-0.3, -0.25) is 14.3 Å². The van der Waals surface area contributed by atoms with Gasteiger partial charge < -0.3 is 5.32 Å². The lowest BCUT2D eigenvalue weighted by Gasteiger charge is -2.11. The summed E-state index contributed by atoms with van der Waals surface area (Å²) in [4.78, 5) is 12.5. The smallest absolute Gasteiger partial charge is 0.272 e. The number of carbonyl (C=O) groups excluding carboxylic acids is 1. The van der Waals surface area contributed by atoms with Gasteiger partial charge in [0.2, 0.25) is 0 Å². The summed E-state index contributed by atoms with van der Waals surface area (Å²) >= 11 is 0. The third-order valence-corrected chi connectivity index (χ3v) is 4.10. The maximum atomic E-state index is 12.5. The van der Waals surface area contributed by atoms with E-state index in [1.165, 1.54) is 0 Å². The molecule has 7 heteroatoms. The zero-order valence-corrected chi connectivity index (χ0v) is 12.2. The highest BCUT2D eigenvalue weighted by atomic mass is 16.2. The first-order valence-corrected chi connectivity index (χ1v) is 7.40. The van der Waals surface area contributed by atoms with Crippen molar-refractivity contribution in [3.05, 3.63) is 47.2 Å². The van der Waals surface area contributed by atoms with Gasteiger partial charge in [0.15, 0.2) is 17.2 Å². The third kappa shape index (κ3) is 1.97. The molecule has 0 aromatic carbocycles. The molecule has 0 saturated heterocycles. The van der Waals surface area contributed by atoms with E-state index in [1.807, 2.05) is 35.7 Å². The van der Waals surface area contributed by atoms with Crippen LogP contribution >= 0.6 is 0 Å².